The van der Waals surface area contributed by atoms with Gasteiger partial charge in [-0.25, -0.2) is 13.2 Å². The highest BCUT2D eigenvalue weighted by atomic mass is 19.2. The summed E-state index contributed by atoms with van der Waals surface area (Å²) >= 11 is 0. The molecule has 0 radical (unpaired) electrons. The van der Waals surface area contributed by atoms with Crippen molar-refractivity contribution in [2.45, 2.75) is 32.9 Å². The Morgan fingerprint density at radius 3 is 2.35 bits per heavy atom. The summed E-state index contributed by atoms with van der Waals surface area (Å²) < 4.78 is 41.1. The molecule has 1 aromatic heterocycles. The predicted molar refractivity (Wildman–Crippen MR) is 70.9 cm³/mol. The Morgan fingerprint density at radius 2 is 1.75 bits per heavy atom. The van der Waals surface area contributed by atoms with Gasteiger partial charge in [0.05, 0.1) is 17.4 Å². The number of nitrogens with one attached hydrogen (secondary N) is 1. The summed E-state index contributed by atoms with van der Waals surface area (Å²) in [5.74, 6) is -3.11. The van der Waals surface area contributed by atoms with Gasteiger partial charge in [0.25, 0.3) is 0 Å². The van der Waals surface area contributed by atoms with Gasteiger partial charge in [-0.15, -0.1) is 0 Å². The standard InChI is InChI=1S/C14H16F3N3/c1-14(2,3)20-8-9(7-19-20)6-18-13-5-11(16)10(15)4-12(13)17/h4-5,7-8,18H,6H2,1-3H3. The molecule has 0 bridgehead atoms. The summed E-state index contributed by atoms with van der Waals surface area (Å²) in [6, 6.07) is 1.33. The van der Waals surface area contributed by atoms with Crippen molar-refractivity contribution in [2.75, 3.05) is 5.32 Å². The number of anilines is 1. The van der Waals surface area contributed by atoms with Crippen LogP contribution in [0.25, 0.3) is 0 Å². The maximum atomic E-state index is 13.4. The Balaban J connectivity index is 2.09. The number of aromatic nitrogens is 2. The van der Waals surface area contributed by atoms with E-state index in [1.165, 1.54) is 0 Å². The molecule has 1 aromatic carbocycles. The van der Waals surface area contributed by atoms with Gasteiger partial charge in [0.2, 0.25) is 0 Å². The van der Waals surface area contributed by atoms with Gasteiger partial charge in [-0.1, -0.05) is 0 Å². The molecule has 1 N–H and O–H groups in total. The first-order chi connectivity index (χ1) is 9.27. The van der Waals surface area contributed by atoms with Crippen LogP contribution in [0.3, 0.4) is 0 Å². The van der Waals surface area contributed by atoms with Crippen LogP contribution >= 0.6 is 0 Å². The van der Waals surface area contributed by atoms with E-state index in [9.17, 15) is 13.2 Å². The molecule has 20 heavy (non-hydrogen) atoms. The summed E-state index contributed by atoms with van der Waals surface area (Å²) in [5.41, 5.74) is 0.599. The number of halogens is 3. The van der Waals surface area contributed by atoms with E-state index < -0.39 is 17.5 Å². The third-order valence-corrected chi connectivity index (χ3v) is 2.82. The largest absolute Gasteiger partial charge is 0.378 e. The maximum Gasteiger partial charge on any atom is 0.161 e. The smallest absolute Gasteiger partial charge is 0.161 e. The van der Waals surface area contributed by atoms with Gasteiger partial charge in [0.1, 0.15) is 5.82 Å². The lowest BCUT2D eigenvalue weighted by Crippen LogP contribution is -2.22. The van der Waals surface area contributed by atoms with E-state index in [0.29, 0.717) is 6.07 Å². The second kappa shape index (κ2) is 5.19. The van der Waals surface area contributed by atoms with Crippen molar-refractivity contribution in [1.82, 2.24) is 9.78 Å². The summed E-state index contributed by atoms with van der Waals surface area (Å²) in [7, 11) is 0. The van der Waals surface area contributed by atoms with Crippen molar-refractivity contribution >= 4 is 5.69 Å². The van der Waals surface area contributed by atoms with Crippen LogP contribution in [0.15, 0.2) is 24.5 Å². The van der Waals surface area contributed by atoms with Crippen LogP contribution in [-0.2, 0) is 12.1 Å². The fourth-order valence-corrected chi connectivity index (χ4v) is 1.67. The molecule has 0 saturated carbocycles. The van der Waals surface area contributed by atoms with Crippen LogP contribution in [0.4, 0.5) is 18.9 Å². The minimum absolute atomic E-state index is 0.0765. The first-order valence-corrected chi connectivity index (χ1v) is 6.20. The minimum Gasteiger partial charge on any atom is -0.378 e. The summed E-state index contributed by atoms with van der Waals surface area (Å²) in [5, 5.41) is 6.93. The zero-order valence-corrected chi connectivity index (χ0v) is 11.5. The number of hydrogen-bond donors (Lipinski definition) is 1. The molecule has 2 rings (SSSR count). The highest BCUT2D eigenvalue weighted by Gasteiger charge is 2.14. The van der Waals surface area contributed by atoms with Crippen molar-refractivity contribution in [2.24, 2.45) is 0 Å². The third-order valence-electron chi connectivity index (χ3n) is 2.82. The van der Waals surface area contributed by atoms with Gasteiger partial charge < -0.3 is 5.32 Å². The SMILES string of the molecule is CC(C)(C)n1cc(CNc2cc(F)c(F)cc2F)cn1. The van der Waals surface area contributed by atoms with Crippen molar-refractivity contribution in [3.8, 4) is 0 Å². The van der Waals surface area contributed by atoms with Gasteiger partial charge in [0, 0.05) is 30.4 Å². The molecule has 0 aliphatic heterocycles. The lowest BCUT2D eigenvalue weighted by molar-refractivity contribution is 0.355. The molecule has 0 aliphatic rings. The van der Waals surface area contributed by atoms with Gasteiger partial charge >= 0.3 is 0 Å². The monoisotopic (exact) mass is 283 g/mol. The minimum atomic E-state index is -1.20. The van der Waals surface area contributed by atoms with Crippen molar-refractivity contribution in [3.63, 3.8) is 0 Å². The predicted octanol–water partition coefficient (Wildman–Crippen LogP) is 3.67. The zero-order chi connectivity index (χ0) is 14.9. The highest BCUT2D eigenvalue weighted by molar-refractivity contribution is 5.45. The van der Waals surface area contributed by atoms with E-state index in [2.05, 4.69) is 10.4 Å². The van der Waals surface area contributed by atoms with Crippen molar-refractivity contribution in [3.05, 3.63) is 47.5 Å². The van der Waals surface area contributed by atoms with Gasteiger partial charge in [-0.3, -0.25) is 4.68 Å². The molecule has 3 nitrogen and oxygen atoms in total. The van der Waals surface area contributed by atoms with Gasteiger partial charge in [-0.2, -0.15) is 5.10 Å². The topological polar surface area (TPSA) is 29.9 Å². The highest BCUT2D eigenvalue weighted by Crippen LogP contribution is 2.19. The van der Waals surface area contributed by atoms with E-state index in [4.69, 9.17) is 0 Å². The van der Waals surface area contributed by atoms with Crippen LogP contribution in [0, 0.1) is 17.5 Å². The van der Waals surface area contributed by atoms with E-state index in [-0.39, 0.29) is 17.8 Å². The van der Waals surface area contributed by atoms with Gasteiger partial charge in [-0.05, 0) is 20.8 Å². The van der Waals surface area contributed by atoms with Crippen LogP contribution in [0.2, 0.25) is 0 Å². The summed E-state index contributed by atoms with van der Waals surface area (Å²) in [6.45, 7) is 6.29. The Morgan fingerprint density at radius 1 is 1.10 bits per heavy atom. The molecule has 1 heterocycles. The van der Waals surface area contributed by atoms with E-state index in [1.54, 1.807) is 10.9 Å². The molecule has 0 aliphatic carbocycles. The van der Waals surface area contributed by atoms with Crippen LogP contribution in [0.1, 0.15) is 26.3 Å². The molecule has 0 unspecified atom stereocenters. The lowest BCUT2D eigenvalue weighted by atomic mass is 10.1. The normalized spacial score (nSPS) is 11.7. The quantitative estimate of drug-likeness (QED) is 0.871. The first-order valence-electron chi connectivity index (χ1n) is 6.20. The average molecular weight is 283 g/mol. The number of nitrogens with zero attached hydrogens (tertiary/aromatic N) is 2. The number of benzene rings is 1. The number of rotatable bonds is 3. The Hall–Kier alpha value is -1.98. The Kier molecular flexibility index (Phi) is 3.74. The molecular weight excluding hydrogens is 267 g/mol. The van der Waals surface area contributed by atoms with Crippen LogP contribution < -0.4 is 5.32 Å². The first kappa shape index (κ1) is 14.4. The molecule has 0 saturated heterocycles. The summed E-state index contributed by atoms with van der Waals surface area (Å²) in [6.07, 6.45) is 3.47. The number of hydrogen-bond acceptors (Lipinski definition) is 2. The second-order valence-electron chi connectivity index (χ2n) is 5.56. The zero-order valence-electron chi connectivity index (χ0n) is 11.5. The average Bonchev–Trinajstić information content (AvgIpc) is 2.80. The van der Waals surface area contributed by atoms with Crippen molar-refractivity contribution in [1.29, 1.82) is 0 Å². The molecule has 0 amide bonds. The molecule has 0 fully saturated rings. The van der Waals surface area contributed by atoms with E-state index in [1.807, 2.05) is 27.0 Å². The Bertz CT molecular complexity index is 615. The van der Waals surface area contributed by atoms with E-state index in [0.717, 1.165) is 11.6 Å². The van der Waals surface area contributed by atoms with Crippen LogP contribution in [0.5, 0.6) is 0 Å². The maximum absolute atomic E-state index is 13.4. The molecule has 0 atom stereocenters. The molecular formula is C14H16F3N3. The summed E-state index contributed by atoms with van der Waals surface area (Å²) in [4.78, 5) is 0. The fraction of sp³-hybridized carbons (Fsp3) is 0.357. The van der Waals surface area contributed by atoms with Crippen LogP contribution in [-0.4, -0.2) is 9.78 Å². The molecule has 108 valence electrons. The third kappa shape index (κ3) is 3.12. The second-order valence-corrected chi connectivity index (χ2v) is 5.56. The molecule has 0 spiro atoms. The molecule has 6 heteroatoms. The van der Waals surface area contributed by atoms with Crippen molar-refractivity contribution < 1.29 is 13.2 Å². The molecule has 2 aromatic rings. The van der Waals surface area contributed by atoms with Gasteiger partial charge in [0.15, 0.2) is 11.6 Å². The Labute approximate surface area is 115 Å². The fourth-order valence-electron chi connectivity index (χ4n) is 1.67. The lowest BCUT2D eigenvalue weighted by Gasteiger charge is -2.18. The van der Waals surface area contributed by atoms with E-state index >= 15 is 0 Å².